The third-order valence-electron chi connectivity index (χ3n) is 2.44. The number of nitrogens with zero attached hydrogens (tertiary/aromatic N) is 4. The summed E-state index contributed by atoms with van der Waals surface area (Å²) in [5, 5.41) is 23.7. The van der Waals surface area contributed by atoms with Crippen molar-refractivity contribution in [1.29, 1.82) is 0 Å². The molecule has 2 heterocycles. The molecule has 104 valence electrons. The fraction of sp³-hybridized carbons (Fsp3) is 0.182. The average Bonchev–Trinajstić information content (AvgIpc) is 2.67. The van der Waals surface area contributed by atoms with Crippen LogP contribution in [-0.2, 0) is 7.05 Å². The van der Waals surface area contributed by atoms with E-state index in [0.717, 1.165) is 12.3 Å². The lowest BCUT2D eigenvalue weighted by Gasteiger charge is -2.06. The fourth-order valence-electron chi connectivity index (χ4n) is 1.56. The molecule has 0 aliphatic heterocycles. The molecule has 0 unspecified atom stereocenters. The van der Waals surface area contributed by atoms with Crippen LogP contribution in [0.1, 0.15) is 16.1 Å². The van der Waals surface area contributed by atoms with Gasteiger partial charge < -0.3 is 9.84 Å². The van der Waals surface area contributed by atoms with Crippen LogP contribution in [0.4, 0.5) is 5.69 Å². The molecule has 0 aliphatic carbocycles. The molecule has 0 spiro atoms. The standard InChI is InChI=1S/C11H10N4O5/c1-6-3-9(14(2)13-6)20-10-8(11(16)17)4-7(5-12-10)15(18)19/h3-5H,1-2H3,(H,16,17). The summed E-state index contributed by atoms with van der Waals surface area (Å²) in [6.45, 7) is 1.74. The van der Waals surface area contributed by atoms with Gasteiger partial charge in [0.15, 0.2) is 0 Å². The Labute approximate surface area is 112 Å². The van der Waals surface area contributed by atoms with Crippen molar-refractivity contribution in [2.45, 2.75) is 6.92 Å². The molecule has 0 amide bonds. The van der Waals surface area contributed by atoms with Gasteiger partial charge in [-0.2, -0.15) is 5.10 Å². The maximum atomic E-state index is 11.1. The van der Waals surface area contributed by atoms with E-state index in [9.17, 15) is 14.9 Å². The number of hydrogen-bond acceptors (Lipinski definition) is 6. The summed E-state index contributed by atoms with van der Waals surface area (Å²) < 4.78 is 6.75. The third kappa shape index (κ3) is 2.55. The number of carboxylic acid groups (broad SMARTS) is 1. The van der Waals surface area contributed by atoms with E-state index in [0.29, 0.717) is 5.69 Å². The molecule has 0 fully saturated rings. The van der Waals surface area contributed by atoms with E-state index in [-0.39, 0.29) is 11.8 Å². The predicted octanol–water partition coefficient (Wildman–Crippen LogP) is 1.52. The zero-order valence-corrected chi connectivity index (χ0v) is 10.6. The van der Waals surface area contributed by atoms with Crippen LogP contribution < -0.4 is 4.74 Å². The highest BCUT2D eigenvalue weighted by atomic mass is 16.6. The first-order valence-electron chi connectivity index (χ1n) is 5.44. The minimum Gasteiger partial charge on any atom is -0.477 e. The summed E-state index contributed by atoms with van der Waals surface area (Å²) >= 11 is 0. The zero-order chi connectivity index (χ0) is 14.9. The summed E-state index contributed by atoms with van der Waals surface area (Å²) in [6, 6.07) is 2.49. The molecule has 0 aromatic carbocycles. The second kappa shape index (κ2) is 4.96. The van der Waals surface area contributed by atoms with Crippen LogP contribution in [0.2, 0.25) is 0 Å². The summed E-state index contributed by atoms with van der Waals surface area (Å²) in [7, 11) is 1.62. The van der Waals surface area contributed by atoms with Gasteiger partial charge in [-0.05, 0) is 6.92 Å². The Hall–Kier alpha value is -2.97. The van der Waals surface area contributed by atoms with Crippen LogP contribution in [-0.4, -0.2) is 30.8 Å². The van der Waals surface area contributed by atoms with Gasteiger partial charge in [-0.25, -0.2) is 14.5 Å². The van der Waals surface area contributed by atoms with Gasteiger partial charge in [-0.3, -0.25) is 10.1 Å². The first-order valence-corrected chi connectivity index (χ1v) is 5.44. The maximum Gasteiger partial charge on any atom is 0.341 e. The molecule has 9 nitrogen and oxygen atoms in total. The van der Waals surface area contributed by atoms with E-state index in [1.165, 1.54) is 4.68 Å². The Balaban J connectivity index is 2.43. The summed E-state index contributed by atoms with van der Waals surface area (Å²) in [5.41, 5.74) is -0.129. The van der Waals surface area contributed by atoms with E-state index in [2.05, 4.69) is 10.1 Å². The lowest BCUT2D eigenvalue weighted by Crippen LogP contribution is -2.05. The summed E-state index contributed by atoms with van der Waals surface area (Å²) in [6.07, 6.45) is 0.936. The number of nitro groups is 1. The number of ether oxygens (including phenoxy) is 1. The van der Waals surface area contributed by atoms with E-state index in [1.807, 2.05) is 0 Å². The maximum absolute atomic E-state index is 11.1. The van der Waals surface area contributed by atoms with E-state index in [4.69, 9.17) is 9.84 Å². The van der Waals surface area contributed by atoms with Crippen molar-refractivity contribution in [3.05, 3.63) is 39.7 Å². The van der Waals surface area contributed by atoms with Gasteiger partial charge in [0.2, 0.25) is 11.8 Å². The Morgan fingerprint density at radius 2 is 2.20 bits per heavy atom. The molecule has 0 bridgehead atoms. The van der Waals surface area contributed by atoms with E-state index < -0.39 is 22.1 Å². The van der Waals surface area contributed by atoms with Crippen molar-refractivity contribution in [2.75, 3.05) is 0 Å². The van der Waals surface area contributed by atoms with Crippen LogP contribution in [0.15, 0.2) is 18.3 Å². The number of aryl methyl sites for hydroxylation is 2. The van der Waals surface area contributed by atoms with Crippen molar-refractivity contribution in [3.63, 3.8) is 0 Å². The largest absolute Gasteiger partial charge is 0.477 e. The highest BCUT2D eigenvalue weighted by Gasteiger charge is 2.20. The zero-order valence-electron chi connectivity index (χ0n) is 10.6. The second-order valence-corrected chi connectivity index (χ2v) is 3.96. The average molecular weight is 278 g/mol. The number of aromatic carboxylic acids is 1. The Kier molecular flexibility index (Phi) is 3.34. The molecule has 0 radical (unpaired) electrons. The van der Waals surface area contributed by atoms with Crippen LogP contribution in [0.25, 0.3) is 0 Å². The SMILES string of the molecule is Cc1cc(Oc2ncc([N+](=O)[O-])cc2C(=O)O)n(C)n1. The van der Waals surface area contributed by atoms with Crippen molar-refractivity contribution in [3.8, 4) is 11.8 Å². The van der Waals surface area contributed by atoms with Gasteiger partial charge in [0.1, 0.15) is 11.8 Å². The van der Waals surface area contributed by atoms with Gasteiger partial charge in [0.05, 0.1) is 10.6 Å². The molecule has 0 saturated heterocycles. The number of aromatic nitrogens is 3. The first-order chi connectivity index (χ1) is 9.38. The smallest absolute Gasteiger partial charge is 0.341 e. The highest BCUT2D eigenvalue weighted by Crippen LogP contribution is 2.26. The molecule has 0 atom stereocenters. The number of pyridine rings is 1. The van der Waals surface area contributed by atoms with Crippen LogP contribution in [0, 0.1) is 17.0 Å². The fourth-order valence-corrected chi connectivity index (χ4v) is 1.56. The molecular formula is C11H10N4O5. The molecule has 0 saturated carbocycles. The first kappa shape index (κ1) is 13.5. The molecule has 2 rings (SSSR count). The van der Waals surface area contributed by atoms with Gasteiger partial charge in [-0.1, -0.05) is 0 Å². The van der Waals surface area contributed by atoms with Crippen molar-refractivity contribution < 1.29 is 19.6 Å². The number of rotatable bonds is 4. The lowest BCUT2D eigenvalue weighted by molar-refractivity contribution is -0.385. The number of carboxylic acids is 1. The molecule has 9 heteroatoms. The van der Waals surface area contributed by atoms with E-state index >= 15 is 0 Å². The molecule has 0 aliphatic rings. The van der Waals surface area contributed by atoms with Crippen molar-refractivity contribution in [1.82, 2.24) is 14.8 Å². The molecule has 20 heavy (non-hydrogen) atoms. The molecule has 1 N–H and O–H groups in total. The molecule has 2 aromatic rings. The van der Waals surface area contributed by atoms with Crippen LogP contribution in [0.3, 0.4) is 0 Å². The highest BCUT2D eigenvalue weighted by molar-refractivity contribution is 5.91. The quantitative estimate of drug-likeness (QED) is 0.664. The minimum absolute atomic E-state index is 0.230. The summed E-state index contributed by atoms with van der Waals surface area (Å²) in [4.78, 5) is 24.7. The van der Waals surface area contributed by atoms with Crippen molar-refractivity contribution >= 4 is 11.7 Å². The van der Waals surface area contributed by atoms with Gasteiger partial charge in [0.25, 0.3) is 5.69 Å². The summed E-state index contributed by atoms with van der Waals surface area (Å²) in [5.74, 6) is -1.31. The molecular weight excluding hydrogens is 268 g/mol. The van der Waals surface area contributed by atoms with Gasteiger partial charge in [-0.15, -0.1) is 0 Å². The van der Waals surface area contributed by atoms with Crippen LogP contribution >= 0.6 is 0 Å². The second-order valence-electron chi connectivity index (χ2n) is 3.96. The monoisotopic (exact) mass is 278 g/mol. The Bertz CT molecular complexity index is 694. The molecule has 2 aromatic heterocycles. The number of carbonyl (C=O) groups is 1. The lowest BCUT2D eigenvalue weighted by atomic mass is 10.2. The predicted molar refractivity (Wildman–Crippen MR) is 65.9 cm³/mol. The van der Waals surface area contributed by atoms with Gasteiger partial charge in [0, 0.05) is 19.2 Å². The Morgan fingerprint density at radius 3 is 2.70 bits per heavy atom. The van der Waals surface area contributed by atoms with E-state index in [1.54, 1.807) is 20.0 Å². The third-order valence-corrected chi connectivity index (χ3v) is 2.44. The number of hydrogen-bond donors (Lipinski definition) is 1. The van der Waals surface area contributed by atoms with Crippen LogP contribution in [0.5, 0.6) is 11.8 Å². The van der Waals surface area contributed by atoms with Gasteiger partial charge >= 0.3 is 5.97 Å². The topological polar surface area (TPSA) is 120 Å². The normalized spacial score (nSPS) is 10.3. The minimum atomic E-state index is -1.37. The Morgan fingerprint density at radius 1 is 1.50 bits per heavy atom. The van der Waals surface area contributed by atoms with Crippen molar-refractivity contribution in [2.24, 2.45) is 7.05 Å².